The predicted molar refractivity (Wildman–Crippen MR) is 46.0 cm³/mol. The van der Waals surface area contributed by atoms with Crippen LogP contribution in [-0.4, -0.2) is 16.6 Å². The topological polar surface area (TPSA) is 59.1 Å². The highest BCUT2D eigenvalue weighted by Gasteiger charge is 2.04. The lowest BCUT2D eigenvalue weighted by molar-refractivity contribution is 0.186. The molecule has 0 amide bonds. The van der Waals surface area contributed by atoms with Crippen molar-refractivity contribution >= 4 is 15.9 Å². The van der Waals surface area contributed by atoms with E-state index in [1.165, 1.54) is 0 Å². The second kappa shape index (κ2) is 3.80. The molecule has 0 radical (unpaired) electrons. The van der Waals surface area contributed by atoms with E-state index in [0.29, 0.717) is 0 Å². The van der Waals surface area contributed by atoms with E-state index in [1.807, 2.05) is 0 Å². The van der Waals surface area contributed by atoms with Gasteiger partial charge in [-0.25, -0.2) is 0 Å². The SMILES string of the molecule is NC[C@H](O)c1cncc(Br)c1. The molecule has 1 atom stereocenters. The largest absolute Gasteiger partial charge is 0.387 e. The molecule has 0 aliphatic heterocycles. The first-order valence-electron chi connectivity index (χ1n) is 3.22. The first kappa shape index (κ1) is 8.64. The van der Waals surface area contributed by atoms with Gasteiger partial charge in [-0.3, -0.25) is 4.98 Å². The number of hydrogen-bond acceptors (Lipinski definition) is 3. The van der Waals surface area contributed by atoms with Gasteiger partial charge in [0.2, 0.25) is 0 Å². The van der Waals surface area contributed by atoms with Crippen LogP contribution in [0.15, 0.2) is 22.9 Å². The Morgan fingerprint density at radius 1 is 1.64 bits per heavy atom. The van der Waals surface area contributed by atoms with Gasteiger partial charge in [0, 0.05) is 29.0 Å². The first-order chi connectivity index (χ1) is 5.24. The highest BCUT2D eigenvalue weighted by molar-refractivity contribution is 9.10. The number of rotatable bonds is 2. The van der Waals surface area contributed by atoms with Crippen molar-refractivity contribution in [2.45, 2.75) is 6.10 Å². The third-order valence-corrected chi connectivity index (χ3v) is 1.77. The molecule has 0 aliphatic carbocycles. The zero-order valence-electron chi connectivity index (χ0n) is 5.87. The first-order valence-corrected chi connectivity index (χ1v) is 4.02. The Morgan fingerprint density at radius 2 is 2.36 bits per heavy atom. The summed E-state index contributed by atoms with van der Waals surface area (Å²) in [6.45, 7) is 0.220. The van der Waals surface area contributed by atoms with Crippen LogP contribution in [0.3, 0.4) is 0 Å². The second-order valence-electron chi connectivity index (χ2n) is 2.19. The van der Waals surface area contributed by atoms with Crippen molar-refractivity contribution in [3.05, 3.63) is 28.5 Å². The molecule has 1 rings (SSSR count). The number of aromatic nitrogens is 1. The molecule has 60 valence electrons. The highest BCUT2D eigenvalue weighted by atomic mass is 79.9. The Bertz CT molecular complexity index is 242. The molecule has 0 spiro atoms. The van der Waals surface area contributed by atoms with E-state index in [9.17, 15) is 5.11 Å². The van der Waals surface area contributed by atoms with Crippen LogP contribution in [0.5, 0.6) is 0 Å². The van der Waals surface area contributed by atoms with Crippen LogP contribution in [0.1, 0.15) is 11.7 Å². The molecule has 0 aliphatic rings. The Kier molecular flexibility index (Phi) is 2.99. The molecule has 11 heavy (non-hydrogen) atoms. The standard InChI is InChI=1S/C7H9BrN2O/c8-6-1-5(3-10-4-6)7(11)2-9/h1,3-4,7,11H,2,9H2/t7-/m0/s1. The minimum Gasteiger partial charge on any atom is -0.387 e. The Morgan fingerprint density at radius 3 is 2.91 bits per heavy atom. The van der Waals surface area contributed by atoms with Crippen LogP contribution < -0.4 is 5.73 Å². The zero-order chi connectivity index (χ0) is 8.27. The lowest BCUT2D eigenvalue weighted by atomic mass is 10.2. The van der Waals surface area contributed by atoms with Crippen molar-refractivity contribution in [3.8, 4) is 0 Å². The van der Waals surface area contributed by atoms with Crippen molar-refractivity contribution in [1.82, 2.24) is 4.98 Å². The fourth-order valence-corrected chi connectivity index (χ4v) is 1.13. The molecule has 0 saturated carbocycles. The van der Waals surface area contributed by atoms with Crippen LogP contribution in [0.4, 0.5) is 0 Å². The van der Waals surface area contributed by atoms with E-state index in [4.69, 9.17) is 5.73 Å². The molecular formula is C7H9BrN2O. The van der Waals surface area contributed by atoms with Gasteiger partial charge in [0.1, 0.15) is 0 Å². The molecule has 0 unspecified atom stereocenters. The van der Waals surface area contributed by atoms with Gasteiger partial charge >= 0.3 is 0 Å². The Hall–Kier alpha value is -0.450. The van der Waals surface area contributed by atoms with Crippen molar-refractivity contribution in [2.75, 3.05) is 6.54 Å². The Labute approximate surface area is 73.4 Å². The number of nitrogens with two attached hydrogens (primary N) is 1. The summed E-state index contributed by atoms with van der Waals surface area (Å²) in [6.07, 6.45) is 2.65. The molecule has 0 aromatic carbocycles. The van der Waals surface area contributed by atoms with Crippen molar-refractivity contribution in [2.24, 2.45) is 5.73 Å². The predicted octanol–water partition coefficient (Wildman–Crippen LogP) is 0.836. The van der Waals surface area contributed by atoms with E-state index in [2.05, 4.69) is 20.9 Å². The number of pyridine rings is 1. The summed E-state index contributed by atoms with van der Waals surface area (Å²) in [5.41, 5.74) is 6.00. The van der Waals surface area contributed by atoms with E-state index in [-0.39, 0.29) is 6.54 Å². The van der Waals surface area contributed by atoms with Gasteiger partial charge in [-0.15, -0.1) is 0 Å². The summed E-state index contributed by atoms with van der Waals surface area (Å²) in [4.78, 5) is 3.89. The van der Waals surface area contributed by atoms with Crippen LogP contribution in [0, 0.1) is 0 Å². The molecule has 0 fully saturated rings. The minimum atomic E-state index is -0.611. The summed E-state index contributed by atoms with van der Waals surface area (Å²) < 4.78 is 0.850. The van der Waals surface area contributed by atoms with Crippen molar-refractivity contribution < 1.29 is 5.11 Å². The number of hydrogen-bond donors (Lipinski definition) is 2. The van der Waals surface area contributed by atoms with Gasteiger partial charge in [-0.2, -0.15) is 0 Å². The number of nitrogens with zero attached hydrogens (tertiary/aromatic N) is 1. The van der Waals surface area contributed by atoms with E-state index in [1.54, 1.807) is 18.5 Å². The number of halogens is 1. The Balaban J connectivity index is 2.86. The minimum absolute atomic E-state index is 0.220. The lowest BCUT2D eigenvalue weighted by Gasteiger charge is -2.06. The van der Waals surface area contributed by atoms with Crippen LogP contribution >= 0.6 is 15.9 Å². The van der Waals surface area contributed by atoms with Gasteiger partial charge in [0.15, 0.2) is 0 Å². The fourth-order valence-electron chi connectivity index (χ4n) is 0.747. The van der Waals surface area contributed by atoms with Crippen molar-refractivity contribution in [1.29, 1.82) is 0 Å². The molecule has 1 aromatic rings. The summed E-state index contributed by atoms with van der Waals surface area (Å²) in [6, 6.07) is 1.80. The smallest absolute Gasteiger partial charge is 0.0927 e. The van der Waals surface area contributed by atoms with Gasteiger partial charge in [-0.1, -0.05) is 0 Å². The molecule has 0 saturated heterocycles. The van der Waals surface area contributed by atoms with Crippen molar-refractivity contribution in [3.63, 3.8) is 0 Å². The monoisotopic (exact) mass is 216 g/mol. The fraction of sp³-hybridized carbons (Fsp3) is 0.286. The molecular weight excluding hydrogens is 208 g/mol. The van der Waals surface area contributed by atoms with Gasteiger partial charge in [-0.05, 0) is 22.0 Å². The van der Waals surface area contributed by atoms with Gasteiger partial charge in [0.25, 0.3) is 0 Å². The molecule has 3 nitrogen and oxygen atoms in total. The normalized spacial score (nSPS) is 13.0. The third-order valence-electron chi connectivity index (χ3n) is 1.33. The average Bonchev–Trinajstić information content (AvgIpc) is 2.03. The van der Waals surface area contributed by atoms with Gasteiger partial charge < -0.3 is 10.8 Å². The van der Waals surface area contributed by atoms with E-state index in [0.717, 1.165) is 10.0 Å². The lowest BCUT2D eigenvalue weighted by Crippen LogP contribution is -2.11. The summed E-state index contributed by atoms with van der Waals surface area (Å²) >= 11 is 3.25. The van der Waals surface area contributed by atoms with Crippen LogP contribution in [0.25, 0.3) is 0 Å². The highest BCUT2D eigenvalue weighted by Crippen LogP contribution is 2.15. The van der Waals surface area contributed by atoms with E-state index >= 15 is 0 Å². The average molecular weight is 217 g/mol. The third kappa shape index (κ3) is 2.25. The summed E-state index contributed by atoms with van der Waals surface area (Å²) in [7, 11) is 0. The summed E-state index contributed by atoms with van der Waals surface area (Å²) in [5, 5.41) is 9.27. The molecule has 0 bridgehead atoms. The maximum absolute atomic E-state index is 9.27. The molecule has 4 heteroatoms. The van der Waals surface area contributed by atoms with E-state index < -0.39 is 6.10 Å². The van der Waals surface area contributed by atoms with Gasteiger partial charge in [0.05, 0.1) is 6.10 Å². The molecule has 1 heterocycles. The second-order valence-corrected chi connectivity index (χ2v) is 3.10. The number of aliphatic hydroxyl groups excluding tert-OH is 1. The van der Waals surface area contributed by atoms with Crippen LogP contribution in [0.2, 0.25) is 0 Å². The molecule has 3 N–H and O–H groups in total. The number of aliphatic hydroxyl groups is 1. The molecule has 1 aromatic heterocycles. The maximum atomic E-state index is 9.27. The quantitative estimate of drug-likeness (QED) is 0.771. The maximum Gasteiger partial charge on any atom is 0.0927 e. The summed E-state index contributed by atoms with van der Waals surface area (Å²) in [5.74, 6) is 0. The zero-order valence-corrected chi connectivity index (χ0v) is 7.45. The van der Waals surface area contributed by atoms with Crippen LogP contribution in [-0.2, 0) is 0 Å².